The quantitative estimate of drug-likeness (QED) is 0.141. The molecule has 2 unspecified atom stereocenters. The topological polar surface area (TPSA) is 171 Å². The number of aliphatic hydroxyl groups is 2. The van der Waals surface area contributed by atoms with Gasteiger partial charge in [0.25, 0.3) is 5.91 Å². The Bertz CT molecular complexity index is 1460. The van der Waals surface area contributed by atoms with Crippen molar-refractivity contribution >= 4 is 25.5 Å². The summed E-state index contributed by atoms with van der Waals surface area (Å²) >= 11 is 0. The Kier molecular flexibility index (Phi) is 9.41. The Morgan fingerprint density at radius 2 is 1.83 bits per heavy atom. The van der Waals surface area contributed by atoms with Crippen LogP contribution in [0.1, 0.15) is 28.4 Å². The molecule has 5 N–H and O–H groups in total. The molecule has 41 heavy (non-hydrogen) atoms. The number of pyridine rings is 1. The zero-order chi connectivity index (χ0) is 29.6. The first-order valence-corrected chi connectivity index (χ1v) is 14.2. The van der Waals surface area contributed by atoms with E-state index in [9.17, 15) is 24.4 Å². The molecule has 0 radical (unpaired) electrons. The van der Waals surface area contributed by atoms with Gasteiger partial charge in [-0.05, 0) is 37.6 Å². The van der Waals surface area contributed by atoms with Crippen LogP contribution in [-0.4, -0.2) is 46.9 Å². The summed E-state index contributed by atoms with van der Waals surface area (Å²) in [7, 11) is -4.28. The highest BCUT2D eigenvalue weighted by molar-refractivity contribution is 7.52. The Morgan fingerprint density at radius 1 is 1.12 bits per heavy atom. The first kappa shape index (κ1) is 29.8. The number of nitrogens with one attached hydrogen (secondary N) is 1. The molecule has 12 nitrogen and oxygen atoms in total. The molecule has 13 heteroatoms. The zero-order valence-electron chi connectivity index (χ0n) is 22.4. The van der Waals surface area contributed by atoms with Crippen molar-refractivity contribution in [3.8, 4) is 5.75 Å². The van der Waals surface area contributed by atoms with Crippen molar-refractivity contribution in [2.24, 2.45) is 5.73 Å². The van der Waals surface area contributed by atoms with Gasteiger partial charge in [-0.1, -0.05) is 48.0 Å². The number of hydrogen-bond donors (Lipinski definition) is 4. The van der Waals surface area contributed by atoms with Crippen molar-refractivity contribution in [2.75, 3.05) is 6.61 Å². The first-order valence-electron chi connectivity index (χ1n) is 12.6. The first-order chi connectivity index (χ1) is 19.5. The molecular weight excluding hydrogens is 553 g/mol. The van der Waals surface area contributed by atoms with Crippen LogP contribution in [0, 0.1) is 6.92 Å². The van der Waals surface area contributed by atoms with Crippen LogP contribution in [0.4, 0.5) is 0 Å². The van der Waals surface area contributed by atoms with E-state index in [4.69, 9.17) is 24.3 Å². The van der Waals surface area contributed by atoms with Gasteiger partial charge in [-0.25, -0.2) is 4.57 Å². The van der Waals surface area contributed by atoms with Gasteiger partial charge in [-0.2, -0.15) is 5.09 Å². The fraction of sp³-hybridized carbons (Fsp3) is 0.250. The van der Waals surface area contributed by atoms with Gasteiger partial charge in [0.2, 0.25) is 5.76 Å². The monoisotopic (exact) mass is 584 g/mol. The van der Waals surface area contributed by atoms with Crippen molar-refractivity contribution in [2.45, 2.75) is 38.7 Å². The predicted octanol–water partition coefficient (Wildman–Crippen LogP) is 2.75. The molecule has 0 spiro atoms. The summed E-state index contributed by atoms with van der Waals surface area (Å²) in [5.41, 5.74) is 7.17. The number of aryl methyl sites for hydroxylation is 1. The van der Waals surface area contributed by atoms with Crippen molar-refractivity contribution < 1.29 is 47.5 Å². The molecular formula is C28H31N3O9P+. The molecule has 4 atom stereocenters. The third-order valence-corrected chi connectivity index (χ3v) is 7.66. The molecule has 0 saturated heterocycles. The largest absolute Gasteiger partial charge is 0.502 e. The van der Waals surface area contributed by atoms with Crippen LogP contribution in [0.2, 0.25) is 0 Å². The molecule has 0 aliphatic carbocycles. The van der Waals surface area contributed by atoms with E-state index in [1.807, 2.05) is 25.1 Å². The number of primary amides is 1. The van der Waals surface area contributed by atoms with E-state index >= 15 is 0 Å². The number of aliphatic hydroxyl groups excluding tert-OH is 2. The van der Waals surface area contributed by atoms with Gasteiger partial charge in [0.15, 0.2) is 24.6 Å². The maximum absolute atomic E-state index is 13.8. The number of carbonyl (C=O) groups is 2. The summed E-state index contributed by atoms with van der Waals surface area (Å²) < 4.78 is 37.4. The number of ether oxygens (including phenoxy) is 2. The van der Waals surface area contributed by atoms with Crippen LogP contribution in [0.15, 0.2) is 84.9 Å². The van der Waals surface area contributed by atoms with E-state index in [2.05, 4.69) is 5.09 Å². The van der Waals surface area contributed by atoms with Gasteiger partial charge in [0.05, 0.1) is 6.61 Å². The molecule has 0 fully saturated rings. The zero-order valence-corrected chi connectivity index (χ0v) is 23.3. The van der Waals surface area contributed by atoms with Crippen LogP contribution < -0.4 is 19.9 Å². The number of benzene rings is 2. The Balaban J connectivity index is 1.46. The lowest BCUT2D eigenvalue weighted by Gasteiger charge is -2.24. The number of nitrogens with two attached hydrogens (primary N) is 1. The molecule has 3 aromatic rings. The molecule has 0 bridgehead atoms. The number of aromatic nitrogens is 1. The normalized spacial score (nSPS) is 18.7. The van der Waals surface area contributed by atoms with Crippen LogP contribution >= 0.6 is 7.75 Å². The van der Waals surface area contributed by atoms with E-state index in [0.29, 0.717) is 0 Å². The summed E-state index contributed by atoms with van der Waals surface area (Å²) in [5, 5.41) is 23.7. The lowest BCUT2D eigenvalue weighted by atomic mass is 10.2. The third kappa shape index (κ3) is 7.71. The van der Waals surface area contributed by atoms with Crippen LogP contribution in [0.25, 0.3) is 5.88 Å². The van der Waals surface area contributed by atoms with Crippen LogP contribution in [0.5, 0.6) is 5.75 Å². The number of esters is 1. The van der Waals surface area contributed by atoms with E-state index < -0.39 is 50.2 Å². The van der Waals surface area contributed by atoms with E-state index in [1.54, 1.807) is 36.4 Å². The van der Waals surface area contributed by atoms with Gasteiger partial charge in [-0.3, -0.25) is 14.1 Å². The molecule has 2 heterocycles. The molecule has 1 aliphatic rings. The lowest BCUT2D eigenvalue weighted by Crippen LogP contribution is -2.37. The van der Waals surface area contributed by atoms with Crippen LogP contribution in [0.3, 0.4) is 0 Å². The number of carbonyl (C=O) groups excluding carboxylic acids is 2. The van der Waals surface area contributed by atoms with E-state index in [-0.39, 0.29) is 23.8 Å². The summed E-state index contributed by atoms with van der Waals surface area (Å²) in [5.74, 6) is -1.91. The Hall–Kier alpha value is -4.22. The summed E-state index contributed by atoms with van der Waals surface area (Å²) in [6.07, 6.45) is 0.0195. The predicted molar refractivity (Wildman–Crippen MR) is 146 cm³/mol. The summed E-state index contributed by atoms with van der Waals surface area (Å²) in [4.78, 5) is 24.2. The number of rotatable bonds is 12. The summed E-state index contributed by atoms with van der Waals surface area (Å²) in [6.45, 7) is 2.80. The Morgan fingerprint density at radius 3 is 2.51 bits per heavy atom. The second kappa shape index (κ2) is 13.0. The van der Waals surface area contributed by atoms with Crippen LogP contribution in [-0.2, 0) is 30.0 Å². The summed E-state index contributed by atoms with van der Waals surface area (Å²) in [6, 6.07) is 17.6. The van der Waals surface area contributed by atoms with Gasteiger partial charge < -0.3 is 29.9 Å². The maximum Gasteiger partial charge on any atom is 0.459 e. The van der Waals surface area contributed by atoms with E-state index in [1.165, 1.54) is 36.0 Å². The molecule has 216 valence electrons. The molecule has 1 aromatic heterocycles. The highest BCUT2D eigenvalue weighted by atomic mass is 31.2. The average molecular weight is 585 g/mol. The average Bonchev–Trinajstić information content (AvgIpc) is 3.25. The minimum atomic E-state index is -4.28. The Labute approximate surface area is 236 Å². The maximum atomic E-state index is 13.8. The van der Waals surface area contributed by atoms with Crippen molar-refractivity contribution in [1.29, 1.82) is 0 Å². The fourth-order valence-corrected chi connectivity index (χ4v) is 5.28. The minimum absolute atomic E-state index is 0.0140. The van der Waals surface area contributed by atoms with E-state index in [0.717, 1.165) is 11.1 Å². The van der Waals surface area contributed by atoms with Crippen molar-refractivity contribution in [1.82, 2.24) is 5.09 Å². The van der Waals surface area contributed by atoms with Gasteiger partial charge >= 0.3 is 19.6 Å². The molecule has 4 rings (SSSR count). The van der Waals surface area contributed by atoms with Crippen molar-refractivity contribution in [3.05, 3.63) is 102 Å². The molecule has 1 amide bonds. The number of amides is 1. The van der Waals surface area contributed by atoms with Gasteiger partial charge in [-0.15, -0.1) is 4.57 Å². The number of hydrogen-bond acceptors (Lipinski definition) is 9. The van der Waals surface area contributed by atoms with Crippen molar-refractivity contribution in [3.63, 3.8) is 0 Å². The second-order valence-corrected chi connectivity index (χ2v) is 11.0. The highest BCUT2D eigenvalue weighted by Gasteiger charge is 2.44. The standard InChI is InChI=1S/C28H30N3O9P/c1-18-10-12-22(13-11-18)40-41(36,30-19(2)28(35)37-16-20-7-4-3-5-8-20)38-17-23-24(32)25(33)27(39-23)31-14-6-9-21(15-31)26(29)34/h3-15,19,23-24,32H,16-17H2,1-2H3,(H3-,29,30,33,34,36)/p+1/t19-,23+,24?,41?/m0/s1. The minimum Gasteiger partial charge on any atom is -0.502 e. The van der Waals surface area contributed by atoms with Gasteiger partial charge in [0.1, 0.15) is 24.0 Å². The smallest absolute Gasteiger partial charge is 0.459 e. The molecule has 0 saturated carbocycles. The lowest BCUT2D eigenvalue weighted by molar-refractivity contribution is -0.602. The molecule has 1 aliphatic heterocycles. The second-order valence-electron chi connectivity index (χ2n) is 9.30. The highest BCUT2D eigenvalue weighted by Crippen LogP contribution is 2.45. The fourth-order valence-electron chi connectivity index (χ4n) is 3.78. The third-order valence-electron chi connectivity index (χ3n) is 6.02. The number of nitrogens with zero attached hydrogens (tertiary/aromatic N) is 1. The molecule has 2 aromatic carbocycles. The van der Waals surface area contributed by atoms with Gasteiger partial charge in [0, 0.05) is 6.07 Å². The SMILES string of the molecule is Cc1ccc(OP(=O)(N[C@@H](C)C(=O)OCc2ccccc2)OC[C@H]2OC([n+]3cccc(C(N)=O)c3)=C(O)C2O)cc1.